The first-order valence-corrected chi connectivity index (χ1v) is 6.60. The number of rotatable bonds is 7. The molecule has 1 amide bonds. The number of amides is 1. The smallest absolute Gasteiger partial charge is 0.303 e. The second-order valence-electron chi connectivity index (χ2n) is 5.04. The van der Waals surface area contributed by atoms with Gasteiger partial charge >= 0.3 is 5.97 Å². The van der Waals surface area contributed by atoms with Gasteiger partial charge in [0, 0.05) is 19.2 Å². The van der Waals surface area contributed by atoms with Crippen molar-refractivity contribution in [2.75, 3.05) is 6.54 Å². The maximum Gasteiger partial charge on any atom is 0.303 e. The first-order chi connectivity index (χ1) is 8.88. The number of nitrogens with one attached hydrogen (secondary N) is 2. The molecule has 6 heteroatoms. The van der Waals surface area contributed by atoms with E-state index < -0.39 is 5.97 Å². The van der Waals surface area contributed by atoms with E-state index in [1.807, 2.05) is 13.8 Å². The lowest BCUT2D eigenvalue weighted by Gasteiger charge is -2.17. The largest absolute Gasteiger partial charge is 0.481 e. The Morgan fingerprint density at radius 3 is 2.63 bits per heavy atom. The van der Waals surface area contributed by atoms with E-state index in [1.54, 1.807) is 0 Å². The van der Waals surface area contributed by atoms with Crippen LogP contribution in [0.2, 0.25) is 5.02 Å². The number of hydrogen-bond donors (Lipinski definition) is 3. The molecule has 19 heavy (non-hydrogen) atoms. The zero-order valence-corrected chi connectivity index (χ0v) is 11.8. The van der Waals surface area contributed by atoms with E-state index >= 15 is 0 Å². The maximum atomic E-state index is 11.8. The number of H-pyrrole nitrogens is 1. The number of carboxylic acid groups (broad SMARTS) is 1. The predicted molar refractivity (Wildman–Crippen MR) is 73.3 cm³/mol. The number of aromatic nitrogens is 1. The number of aromatic amines is 1. The summed E-state index contributed by atoms with van der Waals surface area (Å²) in [4.78, 5) is 25.3. The molecule has 0 radical (unpaired) electrons. The van der Waals surface area contributed by atoms with E-state index in [9.17, 15) is 9.59 Å². The van der Waals surface area contributed by atoms with Crippen LogP contribution in [0.15, 0.2) is 12.3 Å². The van der Waals surface area contributed by atoms with Crippen molar-refractivity contribution in [1.29, 1.82) is 0 Å². The number of carboxylic acids is 1. The second-order valence-corrected chi connectivity index (χ2v) is 5.47. The number of aliphatic carboxylic acids is 1. The van der Waals surface area contributed by atoms with Gasteiger partial charge in [0.1, 0.15) is 5.69 Å². The molecular formula is C13H19ClN2O3. The molecule has 1 rings (SSSR count). The normalized spacial score (nSPS) is 12.4. The van der Waals surface area contributed by atoms with Crippen LogP contribution < -0.4 is 5.32 Å². The lowest BCUT2D eigenvalue weighted by molar-refractivity contribution is -0.138. The van der Waals surface area contributed by atoms with Gasteiger partial charge in [-0.25, -0.2) is 0 Å². The Kier molecular flexibility index (Phi) is 5.89. The molecule has 0 saturated heterocycles. The van der Waals surface area contributed by atoms with Crippen LogP contribution in [-0.2, 0) is 4.79 Å². The van der Waals surface area contributed by atoms with Crippen molar-refractivity contribution < 1.29 is 14.7 Å². The van der Waals surface area contributed by atoms with Crippen molar-refractivity contribution in [1.82, 2.24) is 10.3 Å². The van der Waals surface area contributed by atoms with Crippen molar-refractivity contribution in [3.05, 3.63) is 23.0 Å². The standard InChI is InChI=1S/C13H19ClN2O3/c1-8(2)3-9(4-12(17)18)6-16-13(19)11-5-10(14)7-15-11/h5,7-9,15H,3-4,6H2,1-2H3,(H,16,19)(H,17,18)/t9-/m0/s1. The minimum Gasteiger partial charge on any atom is -0.481 e. The van der Waals surface area contributed by atoms with Gasteiger partial charge in [0.05, 0.1) is 5.02 Å². The predicted octanol–water partition coefficient (Wildman–Crippen LogP) is 2.53. The average Bonchev–Trinajstić information content (AvgIpc) is 2.71. The third kappa shape index (κ3) is 5.79. The summed E-state index contributed by atoms with van der Waals surface area (Å²) in [6.07, 6.45) is 2.35. The highest BCUT2D eigenvalue weighted by atomic mass is 35.5. The monoisotopic (exact) mass is 286 g/mol. The summed E-state index contributed by atoms with van der Waals surface area (Å²) in [6.45, 7) is 4.41. The highest BCUT2D eigenvalue weighted by molar-refractivity contribution is 6.30. The van der Waals surface area contributed by atoms with Gasteiger partial charge in [-0.2, -0.15) is 0 Å². The fraction of sp³-hybridized carbons (Fsp3) is 0.538. The van der Waals surface area contributed by atoms with Crippen LogP contribution in [0.1, 0.15) is 37.2 Å². The van der Waals surface area contributed by atoms with Crippen molar-refractivity contribution in [3.8, 4) is 0 Å². The van der Waals surface area contributed by atoms with E-state index in [-0.39, 0.29) is 18.2 Å². The van der Waals surface area contributed by atoms with Crippen LogP contribution in [0.3, 0.4) is 0 Å². The number of hydrogen-bond acceptors (Lipinski definition) is 2. The molecule has 0 spiro atoms. The molecule has 1 atom stereocenters. The van der Waals surface area contributed by atoms with Crippen LogP contribution in [0, 0.1) is 11.8 Å². The molecule has 0 fully saturated rings. The molecule has 1 aromatic rings. The Bertz CT molecular complexity index is 443. The van der Waals surface area contributed by atoms with Gasteiger partial charge in [-0.05, 0) is 24.3 Å². The van der Waals surface area contributed by atoms with Gasteiger partial charge in [0.25, 0.3) is 5.91 Å². The molecule has 0 saturated carbocycles. The zero-order chi connectivity index (χ0) is 14.4. The van der Waals surface area contributed by atoms with Crippen LogP contribution in [0.25, 0.3) is 0 Å². The summed E-state index contributed by atoms with van der Waals surface area (Å²) in [5.74, 6) is -0.790. The van der Waals surface area contributed by atoms with Crippen LogP contribution >= 0.6 is 11.6 Å². The molecule has 106 valence electrons. The number of halogens is 1. The Morgan fingerprint density at radius 1 is 1.47 bits per heavy atom. The van der Waals surface area contributed by atoms with Gasteiger partial charge in [0.15, 0.2) is 0 Å². The number of carbonyl (C=O) groups excluding carboxylic acids is 1. The van der Waals surface area contributed by atoms with E-state index in [0.717, 1.165) is 6.42 Å². The molecule has 0 aliphatic rings. The minimum atomic E-state index is -0.845. The van der Waals surface area contributed by atoms with E-state index in [0.29, 0.717) is 23.2 Å². The summed E-state index contributed by atoms with van der Waals surface area (Å²) in [5.41, 5.74) is 0.378. The Labute approximate surface area is 117 Å². The summed E-state index contributed by atoms with van der Waals surface area (Å²) in [6, 6.07) is 1.53. The first-order valence-electron chi connectivity index (χ1n) is 6.22. The molecular weight excluding hydrogens is 268 g/mol. The first kappa shape index (κ1) is 15.6. The maximum absolute atomic E-state index is 11.8. The van der Waals surface area contributed by atoms with Crippen LogP contribution in [0.4, 0.5) is 0 Å². The third-order valence-electron chi connectivity index (χ3n) is 2.71. The van der Waals surface area contributed by atoms with Gasteiger partial charge in [-0.15, -0.1) is 0 Å². The molecule has 3 N–H and O–H groups in total. The average molecular weight is 287 g/mol. The Balaban J connectivity index is 2.50. The zero-order valence-electron chi connectivity index (χ0n) is 11.1. The van der Waals surface area contributed by atoms with Crippen LogP contribution in [0.5, 0.6) is 0 Å². The van der Waals surface area contributed by atoms with Gasteiger partial charge in [-0.3, -0.25) is 9.59 Å². The van der Waals surface area contributed by atoms with Crippen molar-refractivity contribution in [2.45, 2.75) is 26.7 Å². The van der Waals surface area contributed by atoms with Crippen LogP contribution in [-0.4, -0.2) is 28.5 Å². The number of carbonyl (C=O) groups is 2. The highest BCUT2D eigenvalue weighted by Crippen LogP contribution is 2.15. The quantitative estimate of drug-likeness (QED) is 0.720. The summed E-state index contributed by atoms with van der Waals surface area (Å²) >= 11 is 5.72. The lowest BCUT2D eigenvalue weighted by Crippen LogP contribution is -2.31. The van der Waals surface area contributed by atoms with E-state index in [1.165, 1.54) is 12.3 Å². The summed E-state index contributed by atoms with van der Waals surface area (Å²) < 4.78 is 0. The topological polar surface area (TPSA) is 82.2 Å². The molecule has 1 heterocycles. The fourth-order valence-electron chi connectivity index (χ4n) is 1.98. The fourth-order valence-corrected chi connectivity index (χ4v) is 2.15. The molecule has 5 nitrogen and oxygen atoms in total. The summed E-state index contributed by atoms with van der Waals surface area (Å²) in [7, 11) is 0. The SMILES string of the molecule is CC(C)C[C@H](CNC(=O)c1cc(Cl)c[nH]1)CC(=O)O. The van der Waals surface area contributed by atoms with Gasteiger partial charge in [-0.1, -0.05) is 25.4 Å². The Hall–Kier alpha value is -1.49. The Morgan fingerprint density at radius 2 is 2.16 bits per heavy atom. The summed E-state index contributed by atoms with van der Waals surface area (Å²) in [5, 5.41) is 12.0. The van der Waals surface area contributed by atoms with E-state index in [4.69, 9.17) is 16.7 Å². The van der Waals surface area contributed by atoms with Gasteiger partial charge < -0.3 is 15.4 Å². The molecule has 0 aliphatic heterocycles. The van der Waals surface area contributed by atoms with Crippen molar-refractivity contribution >= 4 is 23.5 Å². The van der Waals surface area contributed by atoms with E-state index in [2.05, 4.69) is 10.3 Å². The second kappa shape index (κ2) is 7.19. The molecule has 1 aromatic heterocycles. The lowest BCUT2D eigenvalue weighted by atomic mass is 9.94. The third-order valence-corrected chi connectivity index (χ3v) is 2.93. The molecule has 0 bridgehead atoms. The minimum absolute atomic E-state index is 0.0595. The molecule has 0 unspecified atom stereocenters. The van der Waals surface area contributed by atoms with Gasteiger partial charge in [0.2, 0.25) is 0 Å². The molecule has 0 aromatic carbocycles. The highest BCUT2D eigenvalue weighted by Gasteiger charge is 2.17. The molecule has 0 aliphatic carbocycles. The van der Waals surface area contributed by atoms with Crippen molar-refractivity contribution in [2.24, 2.45) is 11.8 Å². The van der Waals surface area contributed by atoms with Crippen molar-refractivity contribution in [3.63, 3.8) is 0 Å².